The molecule has 0 aliphatic carbocycles. The lowest BCUT2D eigenvalue weighted by Gasteiger charge is -2.33. The van der Waals surface area contributed by atoms with Crippen molar-refractivity contribution in [2.24, 2.45) is 0 Å². The van der Waals surface area contributed by atoms with E-state index in [0.29, 0.717) is 5.92 Å². The van der Waals surface area contributed by atoms with E-state index in [9.17, 15) is 0 Å². The van der Waals surface area contributed by atoms with Crippen molar-refractivity contribution in [1.82, 2.24) is 19.7 Å². The van der Waals surface area contributed by atoms with Gasteiger partial charge in [-0.15, -0.1) is 10.2 Å². The van der Waals surface area contributed by atoms with E-state index >= 15 is 0 Å². The molecule has 0 atom stereocenters. The number of benzene rings is 2. The first-order valence-corrected chi connectivity index (χ1v) is 10.3. The number of rotatable bonds is 2. The Labute approximate surface area is 170 Å². The van der Waals surface area contributed by atoms with Gasteiger partial charge in [-0.2, -0.15) is 0 Å². The molecule has 3 aromatic rings. The maximum atomic E-state index is 6.27. The second kappa shape index (κ2) is 7.22. The van der Waals surface area contributed by atoms with Crippen molar-refractivity contribution in [2.45, 2.75) is 31.8 Å². The first-order valence-electron chi connectivity index (χ1n) is 9.90. The van der Waals surface area contributed by atoms with Crippen LogP contribution in [0.2, 0.25) is 5.02 Å². The van der Waals surface area contributed by atoms with Crippen LogP contribution >= 0.6 is 11.6 Å². The van der Waals surface area contributed by atoms with Gasteiger partial charge in [0.1, 0.15) is 0 Å². The molecule has 2 aromatic carbocycles. The molecule has 1 fully saturated rings. The number of hydrogen-bond acceptors (Lipinski definition) is 4. The molecule has 0 spiro atoms. The summed E-state index contributed by atoms with van der Waals surface area (Å²) in [5.74, 6) is 2.57. The molecule has 1 saturated heterocycles. The van der Waals surface area contributed by atoms with Crippen molar-refractivity contribution in [2.75, 3.05) is 25.0 Å². The molecular formula is C22H24ClN5. The minimum absolute atomic E-state index is 0.626. The second-order valence-electron chi connectivity index (χ2n) is 7.87. The van der Waals surface area contributed by atoms with Gasteiger partial charge in [0.2, 0.25) is 5.95 Å². The number of aromatic nitrogens is 3. The number of piperidine rings is 1. The van der Waals surface area contributed by atoms with E-state index in [1.54, 1.807) is 0 Å². The summed E-state index contributed by atoms with van der Waals surface area (Å²) in [6, 6.07) is 17.0. The number of nitrogens with zero attached hydrogens (tertiary/aromatic N) is 5. The molecular weight excluding hydrogens is 370 g/mol. The van der Waals surface area contributed by atoms with E-state index in [-0.39, 0.29) is 0 Å². The maximum absolute atomic E-state index is 6.27. The summed E-state index contributed by atoms with van der Waals surface area (Å²) < 4.78 is 2.23. The normalized spacial score (nSPS) is 17.9. The quantitative estimate of drug-likeness (QED) is 0.652. The van der Waals surface area contributed by atoms with Crippen LogP contribution in [0.15, 0.2) is 48.5 Å². The second-order valence-corrected chi connectivity index (χ2v) is 8.31. The molecule has 3 heterocycles. The Hall–Kier alpha value is -2.37. The van der Waals surface area contributed by atoms with Crippen molar-refractivity contribution in [3.05, 3.63) is 70.5 Å². The van der Waals surface area contributed by atoms with Crippen LogP contribution in [0.1, 0.15) is 35.7 Å². The third-order valence-electron chi connectivity index (χ3n) is 5.90. The summed E-state index contributed by atoms with van der Waals surface area (Å²) in [7, 11) is 2.11. The predicted molar refractivity (Wildman–Crippen MR) is 112 cm³/mol. The molecule has 0 unspecified atom stereocenters. The van der Waals surface area contributed by atoms with Gasteiger partial charge in [-0.1, -0.05) is 41.9 Å². The fraction of sp³-hybridized carbons (Fsp3) is 0.364. The van der Waals surface area contributed by atoms with Gasteiger partial charge in [0, 0.05) is 24.7 Å². The molecule has 28 heavy (non-hydrogen) atoms. The zero-order valence-electron chi connectivity index (χ0n) is 16.1. The molecule has 2 aliphatic heterocycles. The molecule has 0 saturated carbocycles. The minimum atomic E-state index is 0.626. The van der Waals surface area contributed by atoms with Crippen molar-refractivity contribution < 1.29 is 0 Å². The van der Waals surface area contributed by atoms with E-state index < -0.39 is 0 Å². The smallest absolute Gasteiger partial charge is 0.231 e. The van der Waals surface area contributed by atoms with Crippen LogP contribution in [0.25, 0.3) is 5.69 Å². The summed E-state index contributed by atoms with van der Waals surface area (Å²) in [6.07, 6.45) is 2.28. The lowest BCUT2D eigenvalue weighted by molar-refractivity contribution is 0.315. The molecule has 5 nitrogen and oxygen atoms in total. The van der Waals surface area contributed by atoms with Gasteiger partial charge in [0.05, 0.1) is 12.2 Å². The van der Waals surface area contributed by atoms with E-state index in [0.717, 1.165) is 61.5 Å². The number of hydrogen-bond donors (Lipinski definition) is 0. The summed E-state index contributed by atoms with van der Waals surface area (Å²) in [4.78, 5) is 4.65. The van der Waals surface area contributed by atoms with Gasteiger partial charge >= 0.3 is 0 Å². The van der Waals surface area contributed by atoms with Crippen LogP contribution < -0.4 is 4.90 Å². The Morgan fingerprint density at radius 1 is 0.964 bits per heavy atom. The van der Waals surface area contributed by atoms with Crippen LogP contribution in [0, 0.1) is 0 Å². The topological polar surface area (TPSA) is 37.2 Å². The van der Waals surface area contributed by atoms with Crippen LogP contribution in [0.3, 0.4) is 0 Å². The molecule has 5 rings (SSSR count). The van der Waals surface area contributed by atoms with Gasteiger partial charge < -0.3 is 4.90 Å². The number of anilines is 1. The summed E-state index contributed by atoms with van der Waals surface area (Å²) in [5.41, 5.74) is 3.81. The standard InChI is InChI=1S/C22H24ClN5/c1-26-14-18-13-19(23)7-8-20(18)28-21(15-26)24-25-22(28)27-11-9-17(10-12-27)16-5-3-2-4-6-16/h2-8,13,17H,9-12,14-15H2,1H3. The lowest BCUT2D eigenvalue weighted by atomic mass is 9.90. The first kappa shape index (κ1) is 17.7. The van der Waals surface area contributed by atoms with Gasteiger partial charge in [-0.25, -0.2) is 0 Å². The predicted octanol–water partition coefficient (Wildman–Crippen LogP) is 4.25. The Balaban J connectivity index is 1.45. The van der Waals surface area contributed by atoms with Crippen LogP contribution in [0.5, 0.6) is 0 Å². The highest BCUT2D eigenvalue weighted by molar-refractivity contribution is 6.30. The highest BCUT2D eigenvalue weighted by atomic mass is 35.5. The van der Waals surface area contributed by atoms with Crippen molar-refractivity contribution in [1.29, 1.82) is 0 Å². The molecule has 1 aromatic heterocycles. The first-order chi connectivity index (χ1) is 13.7. The molecule has 2 aliphatic rings. The van der Waals surface area contributed by atoms with Gasteiger partial charge in [0.25, 0.3) is 0 Å². The molecule has 0 N–H and O–H groups in total. The number of halogens is 1. The maximum Gasteiger partial charge on any atom is 0.231 e. The SMILES string of the molecule is CN1Cc2cc(Cl)ccc2-n2c(nnc2N2CCC(c3ccccc3)CC2)C1. The highest BCUT2D eigenvalue weighted by Gasteiger charge is 2.28. The largest absolute Gasteiger partial charge is 0.341 e. The zero-order chi connectivity index (χ0) is 19.1. The Bertz CT molecular complexity index is 976. The zero-order valence-corrected chi connectivity index (χ0v) is 16.8. The van der Waals surface area contributed by atoms with E-state index in [2.05, 4.69) is 74.1 Å². The fourth-order valence-corrected chi connectivity index (χ4v) is 4.68. The average Bonchev–Trinajstić information content (AvgIpc) is 3.06. The van der Waals surface area contributed by atoms with Crippen molar-refractivity contribution in [3.8, 4) is 5.69 Å². The lowest BCUT2D eigenvalue weighted by Crippen LogP contribution is -2.35. The van der Waals surface area contributed by atoms with Gasteiger partial charge in [0.15, 0.2) is 5.82 Å². The van der Waals surface area contributed by atoms with E-state index in [4.69, 9.17) is 11.6 Å². The molecule has 144 valence electrons. The van der Waals surface area contributed by atoms with Gasteiger partial charge in [-0.3, -0.25) is 9.47 Å². The van der Waals surface area contributed by atoms with E-state index in [1.165, 1.54) is 11.1 Å². The Morgan fingerprint density at radius 3 is 2.54 bits per heavy atom. The van der Waals surface area contributed by atoms with Crippen LogP contribution in [0.4, 0.5) is 5.95 Å². The monoisotopic (exact) mass is 393 g/mol. The number of fused-ring (bicyclic) bond motifs is 3. The van der Waals surface area contributed by atoms with Crippen LogP contribution in [-0.2, 0) is 13.1 Å². The van der Waals surface area contributed by atoms with Crippen molar-refractivity contribution in [3.63, 3.8) is 0 Å². The molecule has 6 heteroatoms. The highest BCUT2D eigenvalue weighted by Crippen LogP contribution is 2.33. The molecule has 0 bridgehead atoms. The molecule has 0 radical (unpaired) electrons. The Morgan fingerprint density at radius 2 is 1.75 bits per heavy atom. The summed E-state index contributed by atoms with van der Waals surface area (Å²) >= 11 is 6.27. The third kappa shape index (κ3) is 3.19. The van der Waals surface area contributed by atoms with Gasteiger partial charge in [-0.05, 0) is 55.1 Å². The molecule has 0 amide bonds. The fourth-order valence-electron chi connectivity index (χ4n) is 4.49. The minimum Gasteiger partial charge on any atom is -0.341 e. The van der Waals surface area contributed by atoms with Crippen molar-refractivity contribution >= 4 is 17.5 Å². The van der Waals surface area contributed by atoms with Crippen LogP contribution in [-0.4, -0.2) is 39.8 Å². The third-order valence-corrected chi connectivity index (χ3v) is 6.13. The average molecular weight is 394 g/mol. The summed E-state index contributed by atoms with van der Waals surface area (Å²) in [5, 5.41) is 9.91. The summed E-state index contributed by atoms with van der Waals surface area (Å²) in [6.45, 7) is 3.63. The Kier molecular flexibility index (Phi) is 4.57. The van der Waals surface area contributed by atoms with E-state index in [1.807, 2.05) is 6.07 Å².